The molecular formula is C21H17N3O3. The predicted octanol–water partition coefficient (Wildman–Crippen LogP) is 4.37. The molecule has 2 N–H and O–H groups in total. The molecule has 27 heavy (non-hydrogen) atoms. The van der Waals surface area contributed by atoms with Crippen molar-refractivity contribution >= 4 is 22.5 Å². The summed E-state index contributed by atoms with van der Waals surface area (Å²) < 4.78 is 11.3. The zero-order valence-corrected chi connectivity index (χ0v) is 14.4. The molecule has 4 rings (SSSR count). The fourth-order valence-electron chi connectivity index (χ4n) is 2.64. The second-order valence-corrected chi connectivity index (χ2v) is 5.86. The Kier molecular flexibility index (Phi) is 4.70. The van der Waals surface area contributed by atoms with E-state index in [1.807, 2.05) is 48.5 Å². The predicted molar refractivity (Wildman–Crippen MR) is 103 cm³/mol. The van der Waals surface area contributed by atoms with E-state index < -0.39 is 0 Å². The summed E-state index contributed by atoms with van der Waals surface area (Å²) in [4.78, 5) is 12.2. The number of ether oxygens (including phenoxy) is 2. The minimum absolute atomic E-state index is 0.0938. The van der Waals surface area contributed by atoms with Crippen LogP contribution in [0, 0.1) is 0 Å². The summed E-state index contributed by atoms with van der Waals surface area (Å²) >= 11 is 0. The zero-order valence-electron chi connectivity index (χ0n) is 14.4. The van der Waals surface area contributed by atoms with Gasteiger partial charge < -0.3 is 14.8 Å². The molecule has 0 aliphatic heterocycles. The maximum atomic E-state index is 12.2. The molecule has 0 saturated carbocycles. The van der Waals surface area contributed by atoms with Crippen LogP contribution in [0.5, 0.6) is 17.2 Å². The molecule has 4 aromatic rings. The number of fused-ring (bicyclic) bond motifs is 1. The number of nitrogens with one attached hydrogen (secondary N) is 2. The third kappa shape index (κ3) is 4.07. The molecule has 0 spiro atoms. The van der Waals surface area contributed by atoms with E-state index in [-0.39, 0.29) is 12.5 Å². The molecule has 6 heteroatoms. The van der Waals surface area contributed by atoms with Crippen LogP contribution >= 0.6 is 0 Å². The van der Waals surface area contributed by atoms with E-state index in [1.165, 1.54) is 0 Å². The zero-order chi connectivity index (χ0) is 18.5. The number of para-hydroxylation sites is 2. The lowest BCUT2D eigenvalue weighted by Gasteiger charge is -2.09. The number of hydrogen-bond donors (Lipinski definition) is 2. The Labute approximate surface area is 155 Å². The summed E-state index contributed by atoms with van der Waals surface area (Å²) in [6.07, 6.45) is 1.71. The van der Waals surface area contributed by atoms with Gasteiger partial charge in [-0.05, 0) is 42.5 Å². The minimum atomic E-state index is -0.248. The number of anilines is 1. The van der Waals surface area contributed by atoms with Gasteiger partial charge in [-0.25, -0.2) is 0 Å². The number of amides is 1. The van der Waals surface area contributed by atoms with Gasteiger partial charge in [-0.3, -0.25) is 9.89 Å². The molecule has 1 heterocycles. The summed E-state index contributed by atoms with van der Waals surface area (Å²) in [6.45, 7) is -0.0938. The van der Waals surface area contributed by atoms with Gasteiger partial charge in [0.05, 0.1) is 17.4 Å². The summed E-state index contributed by atoms with van der Waals surface area (Å²) in [7, 11) is 0. The maximum Gasteiger partial charge on any atom is 0.262 e. The van der Waals surface area contributed by atoms with E-state index in [0.29, 0.717) is 17.2 Å². The van der Waals surface area contributed by atoms with Gasteiger partial charge in [-0.2, -0.15) is 5.10 Å². The lowest BCUT2D eigenvalue weighted by atomic mass is 10.2. The van der Waals surface area contributed by atoms with Crippen molar-refractivity contribution in [2.75, 3.05) is 11.9 Å². The van der Waals surface area contributed by atoms with E-state index in [4.69, 9.17) is 9.47 Å². The number of aromatic nitrogens is 2. The highest BCUT2D eigenvalue weighted by Crippen LogP contribution is 2.24. The molecule has 0 bridgehead atoms. The highest BCUT2D eigenvalue weighted by molar-refractivity contribution is 6.00. The number of nitrogens with zero attached hydrogens (tertiary/aromatic N) is 1. The number of carbonyl (C=O) groups is 1. The molecule has 3 aromatic carbocycles. The topological polar surface area (TPSA) is 76.2 Å². The molecular weight excluding hydrogens is 342 g/mol. The fraction of sp³-hybridized carbons (Fsp3) is 0.0476. The highest BCUT2D eigenvalue weighted by Gasteiger charge is 2.08. The molecule has 6 nitrogen and oxygen atoms in total. The van der Waals surface area contributed by atoms with Gasteiger partial charge in [-0.15, -0.1) is 0 Å². The second kappa shape index (κ2) is 7.61. The Morgan fingerprint density at radius 2 is 1.63 bits per heavy atom. The Morgan fingerprint density at radius 1 is 0.889 bits per heavy atom. The van der Waals surface area contributed by atoms with Crippen molar-refractivity contribution in [3.8, 4) is 17.2 Å². The Morgan fingerprint density at radius 3 is 2.44 bits per heavy atom. The summed E-state index contributed by atoms with van der Waals surface area (Å²) in [5, 5.41) is 10.6. The van der Waals surface area contributed by atoms with Crippen molar-refractivity contribution in [3.63, 3.8) is 0 Å². The first-order chi connectivity index (χ1) is 13.3. The van der Waals surface area contributed by atoms with Gasteiger partial charge >= 0.3 is 0 Å². The van der Waals surface area contributed by atoms with Crippen molar-refractivity contribution in [1.29, 1.82) is 0 Å². The number of benzene rings is 3. The first-order valence-corrected chi connectivity index (χ1v) is 8.46. The largest absolute Gasteiger partial charge is 0.484 e. The number of aromatic amines is 1. The van der Waals surface area contributed by atoms with Crippen LogP contribution in [0.3, 0.4) is 0 Å². The highest BCUT2D eigenvalue weighted by atomic mass is 16.5. The number of rotatable bonds is 6. The Bertz CT molecular complexity index is 1040. The molecule has 0 aliphatic rings. The van der Waals surface area contributed by atoms with Gasteiger partial charge in [-0.1, -0.05) is 30.3 Å². The van der Waals surface area contributed by atoms with E-state index >= 15 is 0 Å². The lowest BCUT2D eigenvalue weighted by molar-refractivity contribution is -0.118. The average molecular weight is 359 g/mol. The third-order valence-electron chi connectivity index (χ3n) is 3.92. The van der Waals surface area contributed by atoms with Crippen molar-refractivity contribution in [1.82, 2.24) is 10.2 Å². The molecule has 0 radical (unpaired) electrons. The Balaban J connectivity index is 1.33. The smallest absolute Gasteiger partial charge is 0.262 e. The quantitative estimate of drug-likeness (QED) is 0.536. The normalized spacial score (nSPS) is 10.5. The summed E-state index contributed by atoms with van der Waals surface area (Å²) in [5.74, 6) is 1.80. The van der Waals surface area contributed by atoms with Gasteiger partial charge in [0.15, 0.2) is 6.61 Å². The number of H-pyrrole nitrogens is 1. The van der Waals surface area contributed by atoms with Crippen molar-refractivity contribution in [2.24, 2.45) is 0 Å². The molecule has 134 valence electrons. The van der Waals surface area contributed by atoms with Crippen molar-refractivity contribution in [3.05, 3.63) is 79.0 Å². The van der Waals surface area contributed by atoms with Crippen LogP contribution in [0.2, 0.25) is 0 Å². The molecule has 0 fully saturated rings. The second-order valence-electron chi connectivity index (χ2n) is 5.86. The summed E-state index contributed by atoms with van der Waals surface area (Å²) in [5.41, 5.74) is 1.46. The molecule has 0 saturated heterocycles. The molecule has 0 atom stereocenters. The van der Waals surface area contributed by atoms with Crippen LogP contribution in [-0.2, 0) is 4.79 Å². The van der Waals surface area contributed by atoms with Crippen LogP contribution in [0.4, 0.5) is 5.69 Å². The average Bonchev–Trinajstić information content (AvgIpc) is 3.18. The van der Waals surface area contributed by atoms with E-state index in [2.05, 4.69) is 15.5 Å². The van der Waals surface area contributed by atoms with Crippen molar-refractivity contribution < 1.29 is 14.3 Å². The first kappa shape index (κ1) is 16.7. The monoisotopic (exact) mass is 359 g/mol. The first-order valence-electron chi connectivity index (χ1n) is 8.46. The van der Waals surface area contributed by atoms with Crippen LogP contribution < -0.4 is 14.8 Å². The van der Waals surface area contributed by atoms with Gasteiger partial charge in [0.1, 0.15) is 17.2 Å². The fourth-order valence-corrected chi connectivity index (χ4v) is 2.64. The van der Waals surface area contributed by atoms with E-state index in [9.17, 15) is 4.79 Å². The summed E-state index contributed by atoms with van der Waals surface area (Å²) in [6, 6.07) is 22.2. The lowest BCUT2D eigenvalue weighted by Crippen LogP contribution is -2.20. The SMILES string of the molecule is O=C(COc1ccc(Oc2ccccc2)cc1)Nc1cccc2cn[nH]c12. The van der Waals surface area contributed by atoms with E-state index in [1.54, 1.807) is 30.5 Å². The molecule has 0 unspecified atom stereocenters. The van der Waals surface area contributed by atoms with Crippen LogP contribution in [-0.4, -0.2) is 22.7 Å². The molecule has 0 aliphatic carbocycles. The molecule has 1 aromatic heterocycles. The Hall–Kier alpha value is -3.80. The van der Waals surface area contributed by atoms with E-state index in [0.717, 1.165) is 16.7 Å². The number of hydrogen-bond acceptors (Lipinski definition) is 4. The minimum Gasteiger partial charge on any atom is -0.484 e. The third-order valence-corrected chi connectivity index (χ3v) is 3.92. The van der Waals surface area contributed by atoms with Crippen LogP contribution in [0.15, 0.2) is 79.0 Å². The van der Waals surface area contributed by atoms with Crippen molar-refractivity contribution in [2.45, 2.75) is 0 Å². The van der Waals surface area contributed by atoms with Crippen LogP contribution in [0.1, 0.15) is 0 Å². The number of carbonyl (C=O) groups excluding carboxylic acids is 1. The molecule has 1 amide bonds. The van der Waals surface area contributed by atoms with Gasteiger partial charge in [0.2, 0.25) is 0 Å². The maximum absolute atomic E-state index is 12.2. The van der Waals surface area contributed by atoms with Gasteiger partial charge in [0, 0.05) is 5.39 Å². The van der Waals surface area contributed by atoms with Crippen LogP contribution in [0.25, 0.3) is 10.9 Å². The standard InChI is InChI=1S/C21H17N3O3/c25-20(23-19-8-4-5-15-13-22-24-21(15)19)14-26-16-9-11-18(12-10-16)27-17-6-2-1-3-7-17/h1-13H,14H2,(H,22,24)(H,23,25). The van der Waals surface area contributed by atoms with Gasteiger partial charge in [0.25, 0.3) is 5.91 Å².